The quantitative estimate of drug-likeness (QED) is 0.623. The second-order valence-corrected chi connectivity index (χ2v) is 7.02. The first-order valence-electron chi connectivity index (χ1n) is 8.07. The van der Waals surface area contributed by atoms with Crippen molar-refractivity contribution in [2.75, 3.05) is 0 Å². The Morgan fingerprint density at radius 1 is 1.08 bits per heavy atom. The van der Waals surface area contributed by atoms with Crippen molar-refractivity contribution in [2.24, 2.45) is 0 Å². The van der Waals surface area contributed by atoms with E-state index >= 15 is 0 Å². The van der Waals surface area contributed by atoms with E-state index in [2.05, 4.69) is 15.9 Å². The van der Waals surface area contributed by atoms with E-state index in [-0.39, 0.29) is 17.2 Å². The molecule has 0 radical (unpaired) electrons. The lowest BCUT2D eigenvalue weighted by Crippen LogP contribution is -2.23. The molecule has 0 saturated heterocycles. The Bertz CT molecular complexity index is 991. The number of aromatic nitrogens is 2. The summed E-state index contributed by atoms with van der Waals surface area (Å²) in [5.41, 5.74) is 1.38. The fourth-order valence-electron chi connectivity index (χ4n) is 3.08. The number of hydrogen-bond donors (Lipinski definition) is 0. The van der Waals surface area contributed by atoms with Gasteiger partial charge in [0.1, 0.15) is 21.8 Å². The van der Waals surface area contributed by atoms with Gasteiger partial charge < -0.3 is 0 Å². The molecule has 1 aliphatic rings. The Morgan fingerprint density at radius 2 is 1.80 bits per heavy atom. The number of rotatable bonds is 4. The molecule has 3 nitrogen and oxygen atoms in total. The molecule has 0 spiro atoms. The Hall–Kier alpha value is -2.21. The lowest BCUT2D eigenvalue weighted by atomic mass is 10.2. The van der Waals surface area contributed by atoms with Gasteiger partial charge in [-0.15, -0.1) is 0 Å². The highest BCUT2D eigenvalue weighted by atomic mass is 79.9. The molecule has 2 aromatic carbocycles. The van der Waals surface area contributed by atoms with E-state index < -0.39 is 11.6 Å². The van der Waals surface area contributed by atoms with E-state index in [0.717, 1.165) is 42.3 Å². The van der Waals surface area contributed by atoms with Crippen molar-refractivity contribution < 1.29 is 8.78 Å². The molecule has 1 heterocycles. The van der Waals surface area contributed by atoms with Crippen molar-refractivity contribution in [3.05, 3.63) is 86.2 Å². The highest BCUT2D eigenvalue weighted by Crippen LogP contribution is 2.43. The summed E-state index contributed by atoms with van der Waals surface area (Å²) in [5.74, 6) is -0.950. The van der Waals surface area contributed by atoms with Crippen LogP contribution in [0.5, 0.6) is 0 Å². The van der Waals surface area contributed by atoms with Gasteiger partial charge in [0.15, 0.2) is 0 Å². The molecular formula is C19H15BrF2N2O. The summed E-state index contributed by atoms with van der Waals surface area (Å²) in [4.78, 5) is 12.8. The maximum absolute atomic E-state index is 14.4. The average Bonchev–Trinajstić information content (AvgIpc) is 3.40. The third-order valence-electron chi connectivity index (χ3n) is 4.40. The van der Waals surface area contributed by atoms with Crippen LogP contribution in [0.25, 0.3) is 5.69 Å². The van der Waals surface area contributed by atoms with Crippen LogP contribution < -0.4 is 5.56 Å². The summed E-state index contributed by atoms with van der Waals surface area (Å²) < 4.78 is 31.5. The van der Waals surface area contributed by atoms with Crippen LogP contribution in [0.4, 0.5) is 8.78 Å². The largest absolute Gasteiger partial charge is 0.286 e. The number of benzene rings is 2. The molecule has 0 atom stereocenters. The standard InChI is InChI=1S/C19H15BrF2N2O/c20-17-18(13-6-7-13)23(11-12-4-2-1-3-5-12)24(19(17)25)16-10-14(21)8-9-15(16)22/h1-5,8-10,13H,6-7,11H2. The zero-order valence-electron chi connectivity index (χ0n) is 13.3. The van der Waals surface area contributed by atoms with Gasteiger partial charge in [-0.05, 0) is 46.5 Å². The maximum atomic E-state index is 14.4. The fourth-order valence-corrected chi connectivity index (χ4v) is 3.78. The highest BCUT2D eigenvalue weighted by Gasteiger charge is 2.33. The van der Waals surface area contributed by atoms with Crippen LogP contribution in [-0.2, 0) is 6.54 Å². The lowest BCUT2D eigenvalue weighted by Gasteiger charge is -2.16. The van der Waals surface area contributed by atoms with Gasteiger partial charge in [-0.3, -0.25) is 9.48 Å². The molecule has 0 bridgehead atoms. The van der Waals surface area contributed by atoms with Gasteiger partial charge in [-0.25, -0.2) is 13.5 Å². The molecule has 6 heteroatoms. The maximum Gasteiger partial charge on any atom is 0.286 e. The van der Waals surface area contributed by atoms with Gasteiger partial charge in [0.25, 0.3) is 5.56 Å². The van der Waals surface area contributed by atoms with Gasteiger partial charge in [0.05, 0.1) is 12.2 Å². The minimum absolute atomic E-state index is 0.0754. The second kappa shape index (κ2) is 6.26. The summed E-state index contributed by atoms with van der Waals surface area (Å²) >= 11 is 3.38. The van der Waals surface area contributed by atoms with Gasteiger partial charge in [-0.2, -0.15) is 0 Å². The summed E-state index contributed by atoms with van der Waals surface area (Å²) in [7, 11) is 0. The van der Waals surface area contributed by atoms with E-state index in [9.17, 15) is 13.6 Å². The summed E-state index contributed by atoms with van der Waals surface area (Å²) in [6.45, 7) is 0.406. The summed E-state index contributed by atoms with van der Waals surface area (Å²) in [6, 6.07) is 12.8. The topological polar surface area (TPSA) is 26.9 Å². The molecule has 3 aromatic rings. The third-order valence-corrected chi connectivity index (χ3v) is 5.15. The van der Waals surface area contributed by atoms with Crippen LogP contribution in [0.3, 0.4) is 0 Å². The zero-order chi connectivity index (χ0) is 17.6. The number of halogens is 3. The van der Waals surface area contributed by atoms with Crippen LogP contribution in [0.1, 0.15) is 30.0 Å². The van der Waals surface area contributed by atoms with Crippen LogP contribution in [-0.4, -0.2) is 9.36 Å². The van der Waals surface area contributed by atoms with Gasteiger partial charge in [0, 0.05) is 12.0 Å². The fraction of sp³-hybridized carbons (Fsp3) is 0.211. The molecule has 128 valence electrons. The highest BCUT2D eigenvalue weighted by molar-refractivity contribution is 9.10. The first-order chi connectivity index (χ1) is 12.1. The van der Waals surface area contributed by atoms with Crippen molar-refractivity contribution >= 4 is 15.9 Å². The van der Waals surface area contributed by atoms with Crippen LogP contribution in [0.15, 0.2) is 57.8 Å². The molecule has 1 fully saturated rings. The van der Waals surface area contributed by atoms with E-state index in [4.69, 9.17) is 0 Å². The average molecular weight is 405 g/mol. The van der Waals surface area contributed by atoms with E-state index in [0.29, 0.717) is 11.0 Å². The second-order valence-electron chi connectivity index (χ2n) is 6.23. The zero-order valence-corrected chi connectivity index (χ0v) is 14.8. The lowest BCUT2D eigenvalue weighted by molar-refractivity contribution is 0.529. The number of nitrogens with zero attached hydrogens (tertiary/aromatic N) is 2. The van der Waals surface area contributed by atoms with Crippen molar-refractivity contribution in [3.63, 3.8) is 0 Å². The molecule has 1 saturated carbocycles. The predicted molar refractivity (Wildman–Crippen MR) is 95.2 cm³/mol. The summed E-state index contributed by atoms with van der Waals surface area (Å²) in [5, 5.41) is 0. The van der Waals surface area contributed by atoms with Crippen molar-refractivity contribution in [3.8, 4) is 5.69 Å². The van der Waals surface area contributed by atoms with Crippen molar-refractivity contribution in [2.45, 2.75) is 25.3 Å². The Labute approximate surface area is 151 Å². The van der Waals surface area contributed by atoms with Crippen LogP contribution in [0, 0.1) is 11.6 Å². The Balaban J connectivity index is 1.95. The van der Waals surface area contributed by atoms with Crippen molar-refractivity contribution in [1.82, 2.24) is 9.36 Å². The molecule has 1 aliphatic carbocycles. The van der Waals surface area contributed by atoms with Gasteiger partial charge >= 0.3 is 0 Å². The van der Waals surface area contributed by atoms with Gasteiger partial charge in [0.2, 0.25) is 0 Å². The molecule has 0 unspecified atom stereocenters. The molecule has 0 aliphatic heterocycles. The molecule has 0 amide bonds. The van der Waals surface area contributed by atoms with E-state index in [1.165, 1.54) is 4.68 Å². The minimum atomic E-state index is -0.634. The van der Waals surface area contributed by atoms with Crippen LogP contribution in [0.2, 0.25) is 0 Å². The predicted octanol–water partition coefficient (Wildman–Crippen LogP) is 4.61. The van der Waals surface area contributed by atoms with E-state index in [1.807, 2.05) is 30.3 Å². The van der Waals surface area contributed by atoms with Crippen LogP contribution >= 0.6 is 15.9 Å². The van der Waals surface area contributed by atoms with Gasteiger partial charge in [-0.1, -0.05) is 30.3 Å². The molecular weight excluding hydrogens is 390 g/mol. The molecule has 4 rings (SSSR count). The minimum Gasteiger partial charge on any atom is -0.276 e. The number of hydrogen-bond acceptors (Lipinski definition) is 1. The van der Waals surface area contributed by atoms with E-state index in [1.54, 1.807) is 4.68 Å². The molecule has 0 N–H and O–H groups in total. The summed E-state index contributed by atoms with van der Waals surface area (Å²) in [6.07, 6.45) is 1.98. The Kier molecular flexibility index (Phi) is 4.07. The SMILES string of the molecule is O=c1c(Br)c(C2CC2)n(Cc2ccccc2)n1-c1cc(F)ccc1F. The normalized spacial score (nSPS) is 14.0. The van der Waals surface area contributed by atoms with Crippen molar-refractivity contribution in [1.29, 1.82) is 0 Å². The molecule has 25 heavy (non-hydrogen) atoms. The smallest absolute Gasteiger partial charge is 0.276 e. The molecule has 1 aromatic heterocycles. The Morgan fingerprint density at radius 3 is 2.48 bits per heavy atom. The monoisotopic (exact) mass is 404 g/mol. The first kappa shape index (κ1) is 16.3. The third kappa shape index (κ3) is 2.95. The first-order valence-corrected chi connectivity index (χ1v) is 8.86.